The minimum atomic E-state index is -0.279. The van der Waals surface area contributed by atoms with Crippen LogP contribution >= 0.6 is 11.8 Å². The number of thioether (sulfide) groups is 1. The minimum Gasteiger partial charge on any atom is -0.384 e. The predicted molar refractivity (Wildman–Crippen MR) is 94.4 cm³/mol. The third-order valence-electron chi connectivity index (χ3n) is 3.46. The molecule has 0 radical (unpaired) electrons. The molecule has 6 heteroatoms. The van der Waals surface area contributed by atoms with Crippen LogP contribution < -0.4 is 11.1 Å². The maximum Gasteiger partial charge on any atom is 0.233 e. The van der Waals surface area contributed by atoms with Gasteiger partial charge in [0.15, 0.2) is 5.16 Å². The van der Waals surface area contributed by atoms with Gasteiger partial charge in [0, 0.05) is 18.3 Å². The molecule has 2 atom stereocenters. The van der Waals surface area contributed by atoms with E-state index in [1.807, 2.05) is 32.0 Å². The number of nitrogen functional groups attached to an aromatic ring is 1. The maximum absolute atomic E-state index is 12.2. The first-order chi connectivity index (χ1) is 11.0. The predicted octanol–water partition coefficient (Wildman–Crippen LogP) is 2.77. The summed E-state index contributed by atoms with van der Waals surface area (Å²) in [6.07, 6.45) is 0. The Morgan fingerprint density at radius 2 is 1.96 bits per heavy atom. The summed E-state index contributed by atoms with van der Waals surface area (Å²) in [5, 5.41) is 3.23. The highest BCUT2D eigenvalue weighted by Crippen LogP contribution is 2.21. The summed E-state index contributed by atoms with van der Waals surface area (Å²) in [6, 6.07) is 11.8. The van der Waals surface area contributed by atoms with Crippen LogP contribution in [0.1, 0.15) is 31.0 Å². The van der Waals surface area contributed by atoms with Crippen molar-refractivity contribution in [3.8, 4) is 0 Å². The summed E-state index contributed by atoms with van der Waals surface area (Å²) in [5.74, 6) is 0.662. The van der Waals surface area contributed by atoms with Gasteiger partial charge < -0.3 is 11.1 Å². The molecule has 1 aromatic carbocycles. The second kappa shape index (κ2) is 7.97. The van der Waals surface area contributed by atoms with Crippen LogP contribution in [0.3, 0.4) is 0 Å². The highest BCUT2D eigenvalue weighted by Gasteiger charge is 2.17. The van der Waals surface area contributed by atoms with Crippen LogP contribution in [0.2, 0.25) is 0 Å². The number of carbonyl (C=O) groups is 1. The molecule has 0 fully saturated rings. The number of rotatable bonds is 6. The highest BCUT2D eigenvalue weighted by molar-refractivity contribution is 8.00. The average Bonchev–Trinajstić information content (AvgIpc) is 2.52. The normalized spacial score (nSPS) is 13.3. The van der Waals surface area contributed by atoms with Gasteiger partial charge in [-0.3, -0.25) is 4.79 Å². The average molecular weight is 330 g/mol. The highest BCUT2D eigenvalue weighted by atomic mass is 32.2. The van der Waals surface area contributed by atoms with Crippen molar-refractivity contribution in [2.45, 2.75) is 37.1 Å². The lowest BCUT2D eigenvalue weighted by molar-refractivity contribution is -0.120. The molecule has 2 unspecified atom stereocenters. The Bertz CT molecular complexity index is 643. The quantitative estimate of drug-likeness (QED) is 0.629. The lowest BCUT2D eigenvalue weighted by Gasteiger charge is -2.15. The molecule has 5 nitrogen and oxygen atoms in total. The Hall–Kier alpha value is -2.08. The van der Waals surface area contributed by atoms with E-state index in [0.29, 0.717) is 17.5 Å². The molecule has 1 heterocycles. The first kappa shape index (κ1) is 17.3. The van der Waals surface area contributed by atoms with Crippen LogP contribution in [-0.2, 0) is 4.79 Å². The molecule has 0 spiro atoms. The molecule has 1 amide bonds. The number of hydrogen-bond acceptors (Lipinski definition) is 5. The Labute approximate surface area is 141 Å². The maximum atomic E-state index is 12.2. The lowest BCUT2D eigenvalue weighted by Crippen LogP contribution is -2.33. The van der Waals surface area contributed by atoms with Crippen LogP contribution in [0, 0.1) is 6.92 Å². The van der Waals surface area contributed by atoms with Crippen LogP contribution in [0.5, 0.6) is 0 Å². The molecule has 0 aliphatic carbocycles. The summed E-state index contributed by atoms with van der Waals surface area (Å²) >= 11 is 1.31. The second-order valence-corrected chi connectivity index (χ2v) is 6.84. The Morgan fingerprint density at radius 3 is 2.61 bits per heavy atom. The zero-order valence-electron chi connectivity index (χ0n) is 13.6. The van der Waals surface area contributed by atoms with Crippen molar-refractivity contribution >= 4 is 23.5 Å². The number of carbonyl (C=O) groups excluding carboxylic acids is 1. The van der Waals surface area contributed by atoms with Crippen molar-refractivity contribution in [2.75, 3.05) is 12.3 Å². The topological polar surface area (TPSA) is 80.9 Å². The van der Waals surface area contributed by atoms with Gasteiger partial charge in [0.05, 0.1) is 5.25 Å². The van der Waals surface area contributed by atoms with Gasteiger partial charge >= 0.3 is 0 Å². The van der Waals surface area contributed by atoms with Crippen molar-refractivity contribution in [2.24, 2.45) is 0 Å². The molecule has 3 N–H and O–H groups in total. The van der Waals surface area contributed by atoms with Gasteiger partial charge in [-0.1, -0.05) is 49.0 Å². The number of nitrogens with one attached hydrogen (secondary N) is 1. The van der Waals surface area contributed by atoms with Gasteiger partial charge in [-0.2, -0.15) is 0 Å². The molecule has 1 aromatic heterocycles. The summed E-state index contributed by atoms with van der Waals surface area (Å²) in [4.78, 5) is 20.7. The molecule has 122 valence electrons. The number of anilines is 1. The van der Waals surface area contributed by atoms with Gasteiger partial charge in [0.2, 0.25) is 5.91 Å². The zero-order chi connectivity index (χ0) is 16.8. The van der Waals surface area contributed by atoms with Crippen LogP contribution in [-0.4, -0.2) is 27.7 Å². The fourth-order valence-electron chi connectivity index (χ4n) is 2.13. The van der Waals surface area contributed by atoms with E-state index in [1.165, 1.54) is 17.3 Å². The van der Waals surface area contributed by atoms with E-state index in [2.05, 4.69) is 34.3 Å². The van der Waals surface area contributed by atoms with E-state index < -0.39 is 0 Å². The van der Waals surface area contributed by atoms with Gasteiger partial charge in [-0.05, 0) is 25.3 Å². The second-order valence-electron chi connectivity index (χ2n) is 5.53. The third kappa shape index (κ3) is 5.25. The number of nitrogens with zero attached hydrogens (tertiary/aromatic N) is 2. The van der Waals surface area contributed by atoms with Crippen LogP contribution in [0.4, 0.5) is 5.82 Å². The van der Waals surface area contributed by atoms with E-state index in [0.717, 1.165) is 5.69 Å². The van der Waals surface area contributed by atoms with Crippen molar-refractivity contribution < 1.29 is 4.79 Å². The van der Waals surface area contributed by atoms with E-state index in [4.69, 9.17) is 5.73 Å². The van der Waals surface area contributed by atoms with Gasteiger partial charge in [0.25, 0.3) is 0 Å². The van der Waals surface area contributed by atoms with E-state index in [1.54, 1.807) is 6.07 Å². The molecule has 0 saturated carbocycles. The van der Waals surface area contributed by atoms with Crippen LogP contribution in [0.15, 0.2) is 41.6 Å². The third-order valence-corrected chi connectivity index (χ3v) is 4.42. The fraction of sp³-hybridized carbons (Fsp3) is 0.353. The Kier molecular flexibility index (Phi) is 5.98. The summed E-state index contributed by atoms with van der Waals surface area (Å²) in [7, 11) is 0. The summed E-state index contributed by atoms with van der Waals surface area (Å²) < 4.78 is 0. The molecule has 23 heavy (non-hydrogen) atoms. The summed E-state index contributed by atoms with van der Waals surface area (Å²) in [5.41, 5.74) is 7.72. The molecule has 0 bridgehead atoms. The number of aromatic nitrogens is 2. The van der Waals surface area contributed by atoms with E-state index in [9.17, 15) is 4.79 Å². The van der Waals surface area contributed by atoms with E-state index >= 15 is 0 Å². The molecule has 0 aliphatic rings. The van der Waals surface area contributed by atoms with Gasteiger partial charge in [-0.15, -0.1) is 0 Å². The Morgan fingerprint density at radius 1 is 1.26 bits per heavy atom. The van der Waals surface area contributed by atoms with Crippen LogP contribution in [0.25, 0.3) is 0 Å². The standard InChI is InChI=1S/C17H22N4OS/c1-11(14-7-5-4-6-8-14)10-19-16(22)13(3)23-17-20-12(2)9-15(18)21-17/h4-9,11,13H,10H2,1-3H3,(H,19,22)(H2,18,20,21). The zero-order valence-corrected chi connectivity index (χ0v) is 14.4. The molecular formula is C17H22N4OS. The first-order valence-electron chi connectivity index (χ1n) is 7.56. The van der Waals surface area contributed by atoms with Gasteiger partial charge in [-0.25, -0.2) is 9.97 Å². The lowest BCUT2D eigenvalue weighted by atomic mass is 10.0. The van der Waals surface area contributed by atoms with E-state index in [-0.39, 0.29) is 17.1 Å². The van der Waals surface area contributed by atoms with Crippen molar-refractivity contribution in [3.63, 3.8) is 0 Å². The smallest absolute Gasteiger partial charge is 0.233 e. The summed E-state index contributed by atoms with van der Waals surface area (Å²) in [6.45, 7) is 6.39. The van der Waals surface area contributed by atoms with Crippen molar-refractivity contribution in [1.82, 2.24) is 15.3 Å². The first-order valence-corrected chi connectivity index (χ1v) is 8.44. The van der Waals surface area contributed by atoms with Gasteiger partial charge in [0.1, 0.15) is 5.82 Å². The number of amides is 1. The number of aryl methyl sites for hydroxylation is 1. The van der Waals surface area contributed by atoms with Crippen molar-refractivity contribution in [1.29, 1.82) is 0 Å². The Balaban J connectivity index is 1.87. The number of benzene rings is 1. The molecule has 2 rings (SSSR count). The number of hydrogen-bond donors (Lipinski definition) is 2. The fourth-order valence-corrected chi connectivity index (χ4v) is 2.99. The molecular weight excluding hydrogens is 308 g/mol. The molecule has 2 aromatic rings. The number of nitrogens with two attached hydrogens (primary N) is 1. The largest absolute Gasteiger partial charge is 0.384 e. The monoisotopic (exact) mass is 330 g/mol. The molecule has 0 saturated heterocycles. The minimum absolute atomic E-state index is 0.0264. The molecule has 0 aliphatic heterocycles. The SMILES string of the molecule is Cc1cc(N)nc(SC(C)C(=O)NCC(C)c2ccccc2)n1. The van der Waals surface area contributed by atoms with Crippen molar-refractivity contribution in [3.05, 3.63) is 47.7 Å².